The van der Waals surface area contributed by atoms with Gasteiger partial charge >= 0.3 is 0 Å². The Labute approximate surface area is 123 Å². The van der Waals surface area contributed by atoms with Crippen molar-refractivity contribution in [2.45, 2.75) is 26.2 Å². The molecule has 1 amide bonds. The van der Waals surface area contributed by atoms with Gasteiger partial charge < -0.3 is 9.80 Å². The van der Waals surface area contributed by atoms with Crippen molar-refractivity contribution >= 4 is 5.91 Å². The van der Waals surface area contributed by atoms with Gasteiger partial charge in [-0.05, 0) is 45.8 Å². The number of carbonyl (C=O) groups is 1. The van der Waals surface area contributed by atoms with Crippen molar-refractivity contribution in [3.8, 4) is 0 Å². The average Bonchev–Trinajstić information content (AvgIpc) is 2.41. The molecule has 0 spiro atoms. The predicted octanol–water partition coefficient (Wildman–Crippen LogP) is 1.44. The first-order valence-electron chi connectivity index (χ1n) is 7.87. The summed E-state index contributed by atoms with van der Waals surface area (Å²) in [6.45, 7) is 13.2. The Morgan fingerprint density at radius 2 is 1.70 bits per heavy atom. The fourth-order valence-corrected chi connectivity index (χ4v) is 3.16. The lowest BCUT2D eigenvalue weighted by molar-refractivity contribution is -0.134. The number of piperazine rings is 1. The Kier molecular flexibility index (Phi) is 5.61. The van der Waals surface area contributed by atoms with E-state index in [2.05, 4.69) is 35.3 Å². The summed E-state index contributed by atoms with van der Waals surface area (Å²) in [6.07, 6.45) is 3.07. The van der Waals surface area contributed by atoms with Crippen molar-refractivity contribution in [3.63, 3.8) is 0 Å². The van der Waals surface area contributed by atoms with Crippen LogP contribution in [-0.2, 0) is 4.79 Å². The van der Waals surface area contributed by atoms with Crippen LogP contribution in [0, 0.1) is 5.92 Å². The van der Waals surface area contributed by atoms with Crippen LogP contribution in [0.15, 0.2) is 12.2 Å². The molecule has 2 aliphatic heterocycles. The number of carbonyl (C=O) groups excluding carboxylic acids is 1. The molecule has 0 aliphatic carbocycles. The van der Waals surface area contributed by atoms with Gasteiger partial charge in [-0.25, -0.2) is 0 Å². The van der Waals surface area contributed by atoms with Gasteiger partial charge in [-0.15, -0.1) is 0 Å². The van der Waals surface area contributed by atoms with Crippen molar-refractivity contribution in [1.82, 2.24) is 14.7 Å². The van der Waals surface area contributed by atoms with Gasteiger partial charge in [-0.3, -0.25) is 9.69 Å². The van der Waals surface area contributed by atoms with Crippen molar-refractivity contribution < 1.29 is 4.79 Å². The standard InChI is InChI=1S/C16H29N3O/c1-14(2)13-18-6-4-15(5-7-18)12-16(20)19-10-8-17(3)9-11-19/h15H,1,4-13H2,2-3H3. The molecule has 0 N–H and O–H groups in total. The molecule has 0 saturated carbocycles. The normalized spacial score (nSPS) is 23.0. The predicted molar refractivity (Wildman–Crippen MR) is 82.7 cm³/mol. The summed E-state index contributed by atoms with van der Waals surface area (Å²) in [7, 11) is 2.12. The molecule has 0 bridgehead atoms. The Bertz CT molecular complexity index is 340. The molecule has 114 valence electrons. The van der Waals surface area contributed by atoms with Crippen LogP contribution in [0.5, 0.6) is 0 Å². The fraction of sp³-hybridized carbons (Fsp3) is 0.812. The second-order valence-electron chi connectivity index (χ2n) is 6.56. The number of amides is 1. The van der Waals surface area contributed by atoms with E-state index in [1.54, 1.807) is 0 Å². The minimum atomic E-state index is 0.372. The quantitative estimate of drug-likeness (QED) is 0.729. The summed E-state index contributed by atoms with van der Waals surface area (Å²) in [5, 5.41) is 0. The van der Waals surface area contributed by atoms with E-state index >= 15 is 0 Å². The van der Waals surface area contributed by atoms with E-state index < -0.39 is 0 Å². The maximum atomic E-state index is 12.3. The lowest BCUT2D eigenvalue weighted by atomic mass is 9.92. The van der Waals surface area contributed by atoms with Crippen LogP contribution in [0.25, 0.3) is 0 Å². The van der Waals surface area contributed by atoms with Gasteiger partial charge in [-0.2, -0.15) is 0 Å². The Balaban J connectivity index is 1.69. The van der Waals surface area contributed by atoms with Crippen LogP contribution < -0.4 is 0 Å². The van der Waals surface area contributed by atoms with Crippen molar-refractivity contribution in [2.24, 2.45) is 5.92 Å². The maximum absolute atomic E-state index is 12.3. The number of hydrogen-bond acceptors (Lipinski definition) is 3. The lowest BCUT2D eigenvalue weighted by Crippen LogP contribution is -2.47. The molecule has 2 rings (SSSR count). The lowest BCUT2D eigenvalue weighted by Gasteiger charge is -2.35. The third kappa shape index (κ3) is 4.60. The molecule has 0 unspecified atom stereocenters. The summed E-state index contributed by atoms with van der Waals surface area (Å²) < 4.78 is 0. The number of piperidine rings is 1. The van der Waals surface area contributed by atoms with E-state index in [0.717, 1.165) is 65.1 Å². The first kappa shape index (κ1) is 15.5. The number of rotatable bonds is 4. The highest BCUT2D eigenvalue weighted by molar-refractivity contribution is 5.76. The molecular weight excluding hydrogens is 250 g/mol. The van der Waals surface area contributed by atoms with Gasteiger partial charge in [-0.1, -0.05) is 12.2 Å². The van der Waals surface area contributed by atoms with Gasteiger partial charge in [0.1, 0.15) is 0 Å². The molecule has 2 aliphatic rings. The summed E-state index contributed by atoms with van der Waals surface area (Å²) in [4.78, 5) is 19.1. The molecule has 0 radical (unpaired) electrons. The summed E-state index contributed by atoms with van der Waals surface area (Å²) in [5.74, 6) is 0.958. The van der Waals surface area contributed by atoms with Crippen LogP contribution in [0.3, 0.4) is 0 Å². The molecule has 2 fully saturated rings. The third-order valence-electron chi connectivity index (χ3n) is 4.52. The van der Waals surface area contributed by atoms with E-state index in [9.17, 15) is 4.79 Å². The summed E-state index contributed by atoms with van der Waals surface area (Å²) >= 11 is 0. The van der Waals surface area contributed by atoms with Crippen LogP contribution in [-0.4, -0.2) is 73.5 Å². The Morgan fingerprint density at radius 1 is 1.10 bits per heavy atom. The number of hydrogen-bond donors (Lipinski definition) is 0. The van der Waals surface area contributed by atoms with Gasteiger partial charge in [0.05, 0.1) is 0 Å². The van der Waals surface area contributed by atoms with Crippen LogP contribution >= 0.6 is 0 Å². The summed E-state index contributed by atoms with van der Waals surface area (Å²) in [5.41, 5.74) is 1.23. The van der Waals surface area contributed by atoms with E-state index in [0.29, 0.717) is 11.8 Å². The fourth-order valence-electron chi connectivity index (χ4n) is 3.16. The number of likely N-dealkylation sites (tertiary alicyclic amines) is 1. The minimum Gasteiger partial charge on any atom is -0.340 e. The molecule has 4 heteroatoms. The van der Waals surface area contributed by atoms with E-state index in [1.807, 2.05) is 0 Å². The van der Waals surface area contributed by atoms with Gasteiger partial charge in [0.25, 0.3) is 0 Å². The maximum Gasteiger partial charge on any atom is 0.222 e. The van der Waals surface area contributed by atoms with Crippen LogP contribution in [0.2, 0.25) is 0 Å². The molecule has 0 aromatic heterocycles. The topological polar surface area (TPSA) is 26.8 Å². The largest absolute Gasteiger partial charge is 0.340 e. The third-order valence-corrected chi connectivity index (χ3v) is 4.52. The number of nitrogens with zero attached hydrogens (tertiary/aromatic N) is 3. The van der Waals surface area contributed by atoms with Gasteiger partial charge in [0, 0.05) is 39.1 Å². The first-order valence-corrected chi connectivity index (χ1v) is 7.87. The first-order chi connectivity index (χ1) is 9.54. The highest BCUT2D eigenvalue weighted by Gasteiger charge is 2.25. The summed E-state index contributed by atoms with van der Waals surface area (Å²) in [6, 6.07) is 0. The molecule has 2 saturated heterocycles. The molecule has 0 aromatic rings. The van der Waals surface area contributed by atoms with Gasteiger partial charge in [0.15, 0.2) is 0 Å². The highest BCUT2D eigenvalue weighted by Crippen LogP contribution is 2.22. The monoisotopic (exact) mass is 279 g/mol. The molecular formula is C16H29N3O. The second kappa shape index (κ2) is 7.23. The van der Waals surface area contributed by atoms with Crippen LogP contribution in [0.1, 0.15) is 26.2 Å². The molecule has 4 nitrogen and oxygen atoms in total. The second-order valence-corrected chi connectivity index (χ2v) is 6.56. The van der Waals surface area contributed by atoms with E-state index in [4.69, 9.17) is 0 Å². The molecule has 0 atom stereocenters. The van der Waals surface area contributed by atoms with Crippen molar-refractivity contribution in [3.05, 3.63) is 12.2 Å². The van der Waals surface area contributed by atoms with E-state index in [1.165, 1.54) is 5.57 Å². The SMILES string of the molecule is C=C(C)CN1CCC(CC(=O)N2CCN(C)CC2)CC1. The average molecular weight is 279 g/mol. The molecule has 2 heterocycles. The number of likely N-dealkylation sites (N-methyl/N-ethyl adjacent to an activating group) is 1. The zero-order valence-electron chi connectivity index (χ0n) is 13.1. The minimum absolute atomic E-state index is 0.372. The Morgan fingerprint density at radius 3 is 2.25 bits per heavy atom. The van der Waals surface area contributed by atoms with Crippen LogP contribution in [0.4, 0.5) is 0 Å². The molecule has 0 aromatic carbocycles. The zero-order valence-corrected chi connectivity index (χ0v) is 13.1. The zero-order chi connectivity index (χ0) is 14.5. The van der Waals surface area contributed by atoms with E-state index in [-0.39, 0.29) is 0 Å². The highest BCUT2D eigenvalue weighted by atomic mass is 16.2. The Hall–Kier alpha value is -0.870. The van der Waals surface area contributed by atoms with Crippen molar-refractivity contribution in [1.29, 1.82) is 0 Å². The van der Waals surface area contributed by atoms with Crippen molar-refractivity contribution in [2.75, 3.05) is 52.9 Å². The smallest absolute Gasteiger partial charge is 0.222 e. The molecule has 20 heavy (non-hydrogen) atoms. The van der Waals surface area contributed by atoms with Gasteiger partial charge in [0.2, 0.25) is 5.91 Å².